The van der Waals surface area contributed by atoms with E-state index in [-0.39, 0.29) is 31.1 Å². The number of para-hydroxylation sites is 1. The fraction of sp³-hybridized carbons (Fsp3) is 0.240. The first-order valence-electron chi connectivity index (χ1n) is 10.4. The third kappa shape index (κ3) is 4.30. The molecule has 0 heterocycles. The number of phenols is 1. The van der Waals surface area contributed by atoms with Crippen LogP contribution in [0, 0.1) is 5.82 Å². The summed E-state index contributed by atoms with van der Waals surface area (Å²) >= 11 is 0. The predicted octanol–water partition coefficient (Wildman–Crippen LogP) is 3.85. The molecule has 4 N–H and O–H groups in total. The first-order valence-corrected chi connectivity index (χ1v) is 10.4. The Hall–Kier alpha value is -3.42. The van der Waals surface area contributed by atoms with Crippen molar-refractivity contribution >= 4 is 6.09 Å². The lowest BCUT2D eigenvalue weighted by molar-refractivity contribution is 0.0121. The maximum absolute atomic E-state index is 13.4. The maximum Gasteiger partial charge on any atom is 0.407 e. The third-order valence-electron chi connectivity index (χ3n) is 5.75. The zero-order valence-corrected chi connectivity index (χ0v) is 17.2. The van der Waals surface area contributed by atoms with Gasteiger partial charge in [-0.2, -0.15) is 0 Å². The molecule has 0 bridgehead atoms. The topological polar surface area (TPSA) is 99.0 Å². The Morgan fingerprint density at radius 3 is 2.25 bits per heavy atom. The summed E-state index contributed by atoms with van der Waals surface area (Å²) in [5, 5.41) is 32.6. The molecule has 3 aromatic carbocycles. The van der Waals surface area contributed by atoms with E-state index in [4.69, 9.17) is 4.74 Å². The average Bonchev–Trinajstić information content (AvgIpc) is 3.13. The van der Waals surface area contributed by atoms with Crippen molar-refractivity contribution in [3.63, 3.8) is 0 Å². The highest BCUT2D eigenvalue weighted by atomic mass is 19.1. The van der Waals surface area contributed by atoms with Crippen molar-refractivity contribution in [2.75, 3.05) is 13.2 Å². The fourth-order valence-electron chi connectivity index (χ4n) is 4.11. The van der Waals surface area contributed by atoms with Gasteiger partial charge in [-0.15, -0.1) is 0 Å². The third-order valence-corrected chi connectivity index (χ3v) is 5.75. The molecule has 0 saturated carbocycles. The lowest BCUT2D eigenvalue weighted by Gasteiger charge is -2.19. The second kappa shape index (κ2) is 9.38. The van der Waals surface area contributed by atoms with E-state index in [1.54, 1.807) is 0 Å². The SMILES string of the molecule is O=C(NCCC(O)C(O)c1cccc(F)c1O)OCC1c2ccccc2-c2ccccc21. The Kier molecular flexibility index (Phi) is 6.39. The summed E-state index contributed by atoms with van der Waals surface area (Å²) in [4.78, 5) is 12.2. The van der Waals surface area contributed by atoms with E-state index in [0.29, 0.717) is 0 Å². The number of carbonyl (C=O) groups excluding carboxylic acids is 1. The van der Waals surface area contributed by atoms with E-state index in [2.05, 4.69) is 17.4 Å². The molecule has 166 valence electrons. The second-order valence-corrected chi connectivity index (χ2v) is 7.73. The Bertz CT molecular complexity index is 1070. The van der Waals surface area contributed by atoms with Gasteiger partial charge in [0.15, 0.2) is 11.6 Å². The summed E-state index contributed by atoms with van der Waals surface area (Å²) < 4.78 is 18.9. The first-order chi connectivity index (χ1) is 15.5. The Morgan fingerprint density at radius 2 is 1.59 bits per heavy atom. The standard InChI is InChI=1S/C25H24FNO5/c26-21-11-5-10-19(23(21)29)24(30)22(28)12-13-27-25(31)32-14-20-17-8-3-1-6-15(17)16-7-2-4-9-18(16)20/h1-11,20,22,24,28-30H,12-14H2,(H,27,31). The molecule has 0 aromatic heterocycles. The lowest BCUT2D eigenvalue weighted by Crippen LogP contribution is -2.30. The average molecular weight is 437 g/mol. The van der Waals surface area contributed by atoms with Gasteiger partial charge in [0, 0.05) is 18.0 Å². The smallest absolute Gasteiger partial charge is 0.407 e. The molecule has 0 spiro atoms. The van der Waals surface area contributed by atoms with Crippen LogP contribution in [0.15, 0.2) is 66.7 Å². The van der Waals surface area contributed by atoms with Crippen LogP contribution in [0.2, 0.25) is 0 Å². The quantitative estimate of drug-likeness (QED) is 0.450. The number of halogens is 1. The van der Waals surface area contributed by atoms with Gasteiger partial charge in [0.05, 0.1) is 6.10 Å². The number of nitrogens with one attached hydrogen (secondary N) is 1. The van der Waals surface area contributed by atoms with Crippen LogP contribution in [-0.2, 0) is 4.74 Å². The van der Waals surface area contributed by atoms with E-state index < -0.39 is 29.9 Å². The van der Waals surface area contributed by atoms with Crippen molar-refractivity contribution in [1.82, 2.24) is 5.32 Å². The zero-order chi connectivity index (χ0) is 22.7. The zero-order valence-electron chi connectivity index (χ0n) is 17.2. The number of benzene rings is 3. The molecule has 2 unspecified atom stereocenters. The molecule has 7 heteroatoms. The van der Waals surface area contributed by atoms with E-state index in [1.165, 1.54) is 12.1 Å². The minimum atomic E-state index is -1.49. The van der Waals surface area contributed by atoms with Gasteiger partial charge in [-0.1, -0.05) is 60.7 Å². The Balaban J connectivity index is 1.29. The van der Waals surface area contributed by atoms with Crippen molar-refractivity contribution in [3.8, 4) is 16.9 Å². The van der Waals surface area contributed by atoms with Crippen molar-refractivity contribution in [2.24, 2.45) is 0 Å². The summed E-state index contributed by atoms with van der Waals surface area (Å²) in [5.41, 5.74) is 4.37. The molecule has 0 fully saturated rings. The monoisotopic (exact) mass is 437 g/mol. The highest BCUT2D eigenvalue weighted by Gasteiger charge is 2.29. The number of aromatic hydroxyl groups is 1. The molecule has 6 nitrogen and oxygen atoms in total. The second-order valence-electron chi connectivity index (χ2n) is 7.73. The molecule has 0 radical (unpaired) electrons. The van der Waals surface area contributed by atoms with Crippen molar-refractivity contribution < 1.29 is 29.2 Å². The number of aliphatic hydroxyl groups is 2. The van der Waals surface area contributed by atoms with Crippen LogP contribution in [0.5, 0.6) is 5.75 Å². The minimum absolute atomic E-state index is 0.0126. The summed E-state index contributed by atoms with van der Waals surface area (Å²) in [6, 6.07) is 19.7. The largest absolute Gasteiger partial charge is 0.505 e. The molecule has 0 aliphatic heterocycles. The summed E-state index contributed by atoms with van der Waals surface area (Å²) in [5.74, 6) is -1.65. The van der Waals surface area contributed by atoms with Gasteiger partial charge >= 0.3 is 6.09 Å². The van der Waals surface area contributed by atoms with Gasteiger partial charge < -0.3 is 25.4 Å². The number of fused-ring (bicyclic) bond motifs is 3. The molecule has 1 aliphatic rings. The van der Waals surface area contributed by atoms with Crippen molar-refractivity contribution in [3.05, 3.63) is 89.2 Å². The molecular formula is C25H24FNO5. The summed E-state index contributed by atoms with van der Waals surface area (Å²) in [7, 11) is 0. The van der Waals surface area contributed by atoms with Gasteiger partial charge in [-0.05, 0) is 34.7 Å². The normalized spacial score (nSPS) is 14.3. The number of phenolic OH excluding ortho intramolecular Hbond substituents is 1. The fourth-order valence-corrected chi connectivity index (χ4v) is 4.11. The maximum atomic E-state index is 13.4. The van der Waals surface area contributed by atoms with Gasteiger partial charge in [0.1, 0.15) is 12.7 Å². The molecule has 1 amide bonds. The van der Waals surface area contributed by atoms with Crippen LogP contribution >= 0.6 is 0 Å². The molecule has 2 atom stereocenters. The lowest BCUT2D eigenvalue weighted by atomic mass is 9.98. The van der Waals surface area contributed by atoms with Gasteiger partial charge in [-0.3, -0.25) is 0 Å². The number of alkyl carbamates (subject to hydrolysis) is 1. The van der Waals surface area contributed by atoms with Crippen LogP contribution < -0.4 is 5.32 Å². The molecule has 0 saturated heterocycles. The number of aliphatic hydroxyl groups excluding tert-OH is 2. The van der Waals surface area contributed by atoms with E-state index in [1.807, 2.05) is 36.4 Å². The molecule has 4 rings (SSSR count). The number of hydrogen-bond acceptors (Lipinski definition) is 5. The van der Waals surface area contributed by atoms with Gasteiger partial charge in [-0.25, -0.2) is 9.18 Å². The van der Waals surface area contributed by atoms with E-state index in [0.717, 1.165) is 28.3 Å². The Labute approximate surface area is 184 Å². The van der Waals surface area contributed by atoms with Gasteiger partial charge in [0.2, 0.25) is 0 Å². The number of carbonyl (C=O) groups is 1. The molecule has 3 aromatic rings. The minimum Gasteiger partial charge on any atom is -0.505 e. The van der Waals surface area contributed by atoms with E-state index in [9.17, 15) is 24.5 Å². The number of ether oxygens (including phenoxy) is 1. The van der Waals surface area contributed by atoms with E-state index >= 15 is 0 Å². The van der Waals surface area contributed by atoms with Gasteiger partial charge in [0.25, 0.3) is 0 Å². The number of hydrogen-bond donors (Lipinski definition) is 4. The highest BCUT2D eigenvalue weighted by Crippen LogP contribution is 2.44. The van der Waals surface area contributed by atoms with Crippen molar-refractivity contribution in [1.29, 1.82) is 0 Å². The number of rotatable bonds is 7. The highest BCUT2D eigenvalue weighted by molar-refractivity contribution is 5.79. The Morgan fingerprint density at radius 1 is 0.969 bits per heavy atom. The molecular weight excluding hydrogens is 413 g/mol. The summed E-state index contributed by atoms with van der Waals surface area (Å²) in [6.07, 6.45) is -3.45. The van der Waals surface area contributed by atoms with Crippen LogP contribution in [0.3, 0.4) is 0 Å². The van der Waals surface area contributed by atoms with Crippen molar-refractivity contribution in [2.45, 2.75) is 24.5 Å². The molecule has 1 aliphatic carbocycles. The van der Waals surface area contributed by atoms with Crippen LogP contribution in [-0.4, -0.2) is 40.7 Å². The molecule has 32 heavy (non-hydrogen) atoms. The number of amides is 1. The van der Waals surface area contributed by atoms with Crippen LogP contribution in [0.25, 0.3) is 11.1 Å². The summed E-state index contributed by atoms with van der Waals surface area (Å²) in [6.45, 7) is 0.202. The first kappa shape index (κ1) is 21.8. The predicted molar refractivity (Wildman–Crippen MR) is 117 cm³/mol. The van der Waals surface area contributed by atoms with Crippen LogP contribution in [0.4, 0.5) is 9.18 Å². The van der Waals surface area contributed by atoms with Crippen LogP contribution in [0.1, 0.15) is 35.1 Å².